The highest BCUT2D eigenvalue weighted by Crippen LogP contribution is 2.28. The first-order valence-electron chi connectivity index (χ1n) is 7.06. The molecule has 0 fully saturated rings. The van der Waals surface area contributed by atoms with Crippen LogP contribution in [-0.4, -0.2) is 12.1 Å². The Balaban J connectivity index is 1.90. The van der Waals surface area contributed by atoms with Crippen molar-refractivity contribution in [1.29, 1.82) is 0 Å². The lowest BCUT2D eigenvalue weighted by molar-refractivity contribution is 0.136. The first-order chi connectivity index (χ1) is 10.8. The molecule has 22 heavy (non-hydrogen) atoms. The Morgan fingerprint density at radius 2 is 1.73 bits per heavy atom. The summed E-state index contributed by atoms with van der Waals surface area (Å²) in [6.07, 6.45) is 3.49. The van der Waals surface area contributed by atoms with Crippen molar-refractivity contribution in [1.82, 2.24) is 4.98 Å². The molecule has 0 amide bonds. The molecule has 1 unspecified atom stereocenters. The number of nitrogens with zero attached hydrogens (tertiary/aromatic N) is 1. The number of pyridine rings is 1. The SMILES string of the molecule is COC(c1ccc(-c2cccc(Cl)c2)cc1)c1cccnc1. The molecular formula is C19H16ClNO. The minimum Gasteiger partial charge on any atom is -0.372 e. The number of methoxy groups -OCH3 is 1. The lowest BCUT2D eigenvalue weighted by atomic mass is 9.99. The Morgan fingerprint density at radius 3 is 2.36 bits per heavy atom. The van der Waals surface area contributed by atoms with Crippen LogP contribution in [0.2, 0.25) is 5.02 Å². The lowest BCUT2D eigenvalue weighted by Gasteiger charge is -2.16. The van der Waals surface area contributed by atoms with Gasteiger partial charge in [0.2, 0.25) is 0 Å². The third-order valence-electron chi connectivity index (χ3n) is 3.59. The predicted molar refractivity (Wildman–Crippen MR) is 90.0 cm³/mol. The highest BCUT2D eigenvalue weighted by atomic mass is 35.5. The van der Waals surface area contributed by atoms with Gasteiger partial charge in [0.25, 0.3) is 0 Å². The van der Waals surface area contributed by atoms with Gasteiger partial charge in [0.15, 0.2) is 0 Å². The molecule has 0 bridgehead atoms. The molecule has 0 spiro atoms. The molecule has 110 valence electrons. The van der Waals surface area contributed by atoms with E-state index in [1.54, 1.807) is 13.3 Å². The van der Waals surface area contributed by atoms with Gasteiger partial charge >= 0.3 is 0 Å². The Labute approximate surface area is 135 Å². The van der Waals surface area contributed by atoms with Gasteiger partial charge in [-0.3, -0.25) is 4.98 Å². The number of ether oxygens (including phenoxy) is 1. The summed E-state index contributed by atoms with van der Waals surface area (Å²) >= 11 is 6.05. The van der Waals surface area contributed by atoms with E-state index in [4.69, 9.17) is 16.3 Å². The van der Waals surface area contributed by atoms with E-state index in [9.17, 15) is 0 Å². The quantitative estimate of drug-likeness (QED) is 0.666. The molecule has 0 saturated carbocycles. The van der Waals surface area contributed by atoms with Gasteiger partial charge in [0.1, 0.15) is 6.10 Å². The molecule has 0 saturated heterocycles. The van der Waals surface area contributed by atoms with Crippen molar-refractivity contribution in [3.05, 3.63) is 89.2 Å². The molecule has 0 aliphatic rings. The third-order valence-corrected chi connectivity index (χ3v) is 3.83. The number of benzene rings is 2. The summed E-state index contributed by atoms with van der Waals surface area (Å²) in [5.74, 6) is 0. The van der Waals surface area contributed by atoms with Crippen molar-refractivity contribution < 1.29 is 4.74 Å². The maximum atomic E-state index is 6.05. The number of rotatable bonds is 4. The Morgan fingerprint density at radius 1 is 0.909 bits per heavy atom. The summed E-state index contributed by atoms with van der Waals surface area (Å²) in [6, 6.07) is 20.1. The second kappa shape index (κ2) is 6.73. The van der Waals surface area contributed by atoms with E-state index in [-0.39, 0.29) is 6.10 Å². The van der Waals surface area contributed by atoms with Crippen LogP contribution in [0.5, 0.6) is 0 Å². The molecule has 1 aromatic heterocycles. The fourth-order valence-corrected chi connectivity index (χ4v) is 2.70. The molecule has 0 aliphatic heterocycles. The zero-order chi connectivity index (χ0) is 15.4. The number of halogens is 1. The van der Waals surface area contributed by atoms with Crippen molar-refractivity contribution in [2.75, 3.05) is 7.11 Å². The number of hydrogen-bond acceptors (Lipinski definition) is 2. The molecule has 1 atom stereocenters. The van der Waals surface area contributed by atoms with Gasteiger partial charge in [0, 0.05) is 30.1 Å². The first kappa shape index (κ1) is 14.8. The van der Waals surface area contributed by atoms with Crippen molar-refractivity contribution in [2.24, 2.45) is 0 Å². The van der Waals surface area contributed by atoms with E-state index < -0.39 is 0 Å². The van der Waals surface area contributed by atoms with Gasteiger partial charge in [-0.1, -0.05) is 54.1 Å². The lowest BCUT2D eigenvalue weighted by Crippen LogP contribution is -2.03. The van der Waals surface area contributed by atoms with Crippen LogP contribution >= 0.6 is 11.6 Å². The Bertz CT molecular complexity index is 741. The topological polar surface area (TPSA) is 22.1 Å². The van der Waals surface area contributed by atoms with Crippen molar-refractivity contribution in [3.63, 3.8) is 0 Å². The molecule has 0 N–H and O–H groups in total. The highest BCUT2D eigenvalue weighted by molar-refractivity contribution is 6.30. The van der Waals surface area contributed by atoms with Crippen LogP contribution in [0.1, 0.15) is 17.2 Å². The maximum absolute atomic E-state index is 6.05. The maximum Gasteiger partial charge on any atom is 0.109 e. The third kappa shape index (κ3) is 3.19. The molecule has 2 nitrogen and oxygen atoms in total. The van der Waals surface area contributed by atoms with Crippen LogP contribution in [-0.2, 0) is 4.74 Å². The molecule has 0 radical (unpaired) electrons. The fourth-order valence-electron chi connectivity index (χ4n) is 2.51. The van der Waals surface area contributed by atoms with Crippen LogP contribution in [0.15, 0.2) is 73.1 Å². The molecule has 3 aromatic rings. The minimum atomic E-state index is -0.109. The number of hydrogen-bond donors (Lipinski definition) is 0. The van der Waals surface area contributed by atoms with Gasteiger partial charge in [-0.25, -0.2) is 0 Å². The average Bonchev–Trinajstić information content (AvgIpc) is 2.57. The van der Waals surface area contributed by atoms with Crippen molar-refractivity contribution in [3.8, 4) is 11.1 Å². The second-order valence-corrected chi connectivity index (χ2v) is 5.47. The summed E-state index contributed by atoms with van der Waals surface area (Å²) in [5.41, 5.74) is 4.38. The van der Waals surface area contributed by atoms with E-state index >= 15 is 0 Å². The first-order valence-corrected chi connectivity index (χ1v) is 7.44. The van der Waals surface area contributed by atoms with Crippen molar-refractivity contribution in [2.45, 2.75) is 6.10 Å². The van der Waals surface area contributed by atoms with E-state index in [1.807, 2.05) is 36.5 Å². The normalized spacial score (nSPS) is 12.1. The summed E-state index contributed by atoms with van der Waals surface area (Å²) < 4.78 is 5.63. The zero-order valence-corrected chi connectivity index (χ0v) is 13.0. The van der Waals surface area contributed by atoms with Crippen LogP contribution in [0, 0.1) is 0 Å². The summed E-state index contributed by atoms with van der Waals surface area (Å²) in [7, 11) is 1.71. The largest absolute Gasteiger partial charge is 0.372 e. The standard InChI is InChI=1S/C19H16ClNO/c1-22-19(17-5-3-11-21-13-17)15-9-7-14(8-10-15)16-4-2-6-18(20)12-16/h2-13,19H,1H3. The van der Waals surface area contributed by atoms with Crippen LogP contribution in [0.4, 0.5) is 0 Å². The van der Waals surface area contributed by atoms with E-state index in [0.29, 0.717) is 0 Å². The van der Waals surface area contributed by atoms with Crippen LogP contribution in [0.25, 0.3) is 11.1 Å². The molecule has 0 aliphatic carbocycles. The number of aromatic nitrogens is 1. The van der Waals surface area contributed by atoms with Gasteiger partial charge < -0.3 is 4.74 Å². The molecular weight excluding hydrogens is 294 g/mol. The predicted octanol–water partition coefficient (Wildman–Crippen LogP) is 5.14. The fraction of sp³-hybridized carbons (Fsp3) is 0.105. The van der Waals surface area contributed by atoms with E-state index in [0.717, 1.165) is 27.3 Å². The Hall–Kier alpha value is -2.16. The van der Waals surface area contributed by atoms with Crippen molar-refractivity contribution >= 4 is 11.6 Å². The molecule has 1 heterocycles. The summed E-state index contributed by atoms with van der Waals surface area (Å²) in [6.45, 7) is 0. The molecule has 2 aromatic carbocycles. The highest BCUT2D eigenvalue weighted by Gasteiger charge is 2.13. The molecule has 3 heteroatoms. The summed E-state index contributed by atoms with van der Waals surface area (Å²) in [5, 5.41) is 0.742. The zero-order valence-electron chi connectivity index (χ0n) is 12.2. The Kier molecular flexibility index (Phi) is 4.52. The van der Waals surface area contributed by atoms with E-state index in [2.05, 4.69) is 35.3 Å². The smallest absolute Gasteiger partial charge is 0.109 e. The summed E-state index contributed by atoms with van der Waals surface area (Å²) in [4.78, 5) is 4.16. The van der Waals surface area contributed by atoms with Crippen LogP contribution < -0.4 is 0 Å². The van der Waals surface area contributed by atoms with Crippen LogP contribution in [0.3, 0.4) is 0 Å². The average molecular weight is 310 g/mol. The van der Waals surface area contributed by atoms with Gasteiger partial charge in [-0.05, 0) is 34.9 Å². The molecule has 3 rings (SSSR count). The van der Waals surface area contributed by atoms with Gasteiger partial charge in [-0.2, -0.15) is 0 Å². The minimum absolute atomic E-state index is 0.109. The second-order valence-electron chi connectivity index (χ2n) is 5.03. The van der Waals surface area contributed by atoms with Gasteiger partial charge in [0.05, 0.1) is 0 Å². The van der Waals surface area contributed by atoms with Gasteiger partial charge in [-0.15, -0.1) is 0 Å². The monoisotopic (exact) mass is 309 g/mol. The van der Waals surface area contributed by atoms with E-state index in [1.165, 1.54) is 0 Å².